The van der Waals surface area contributed by atoms with Crippen molar-refractivity contribution in [2.24, 2.45) is 0 Å². The predicted molar refractivity (Wildman–Crippen MR) is 142 cm³/mol. The zero-order chi connectivity index (χ0) is 25.7. The number of carbonyl (C=O) groups excluding carboxylic acids is 2. The van der Waals surface area contributed by atoms with Gasteiger partial charge in [-0.2, -0.15) is 0 Å². The lowest BCUT2D eigenvalue weighted by atomic mass is 9.97. The highest BCUT2D eigenvalue weighted by atomic mass is 32.2. The standard InChI is InChI=1S/C26H29N3O5S2/c1-32-20-10-9-17(22(33-2)23(20)34-3)26(31)29-13-11-16(12-14-29)25-28-19(15-36-25)24(30)27-18-7-5-6-8-21(18)35-4/h5-10,15-16H,11-14H2,1-4H3,(H,27,30). The summed E-state index contributed by atoms with van der Waals surface area (Å²) >= 11 is 3.08. The van der Waals surface area contributed by atoms with E-state index in [0.717, 1.165) is 28.4 Å². The third kappa shape index (κ3) is 5.29. The first-order valence-corrected chi connectivity index (χ1v) is 13.6. The van der Waals surface area contributed by atoms with Crippen LogP contribution in [-0.2, 0) is 0 Å². The smallest absolute Gasteiger partial charge is 0.275 e. The van der Waals surface area contributed by atoms with Crippen molar-refractivity contribution >= 4 is 40.6 Å². The number of nitrogens with one attached hydrogen (secondary N) is 1. The number of hydrogen-bond donors (Lipinski definition) is 1. The predicted octanol–water partition coefficient (Wildman–Crippen LogP) is 5.16. The molecule has 1 aliphatic heterocycles. The molecule has 3 aromatic rings. The number of nitrogens with zero attached hydrogens (tertiary/aromatic N) is 2. The summed E-state index contributed by atoms with van der Waals surface area (Å²) in [4.78, 5) is 33.5. The zero-order valence-electron chi connectivity index (χ0n) is 20.7. The molecule has 1 saturated heterocycles. The molecular weight excluding hydrogens is 498 g/mol. The van der Waals surface area contributed by atoms with E-state index >= 15 is 0 Å². The Kier molecular flexibility index (Phi) is 8.37. The van der Waals surface area contributed by atoms with Crippen LogP contribution in [0.15, 0.2) is 46.7 Å². The van der Waals surface area contributed by atoms with Crippen LogP contribution in [0, 0.1) is 0 Å². The molecule has 10 heteroatoms. The fourth-order valence-electron chi connectivity index (χ4n) is 4.28. The number of aromatic nitrogens is 1. The Labute approximate surface area is 219 Å². The van der Waals surface area contributed by atoms with E-state index in [4.69, 9.17) is 14.2 Å². The molecule has 0 bridgehead atoms. The van der Waals surface area contributed by atoms with Crippen LogP contribution < -0.4 is 19.5 Å². The summed E-state index contributed by atoms with van der Waals surface area (Å²) in [5, 5.41) is 5.69. The van der Waals surface area contributed by atoms with Gasteiger partial charge in [-0.25, -0.2) is 4.98 Å². The highest BCUT2D eigenvalue weighted by Gasteiger charge is 2.30. The monoisotopic (exact) mass is 527 g/mol. The van der Waals surface area contributed by atoms with Crippen LogP contribution in [0.25, 0.3) is 0 Å². The van der Waals surface area contributed by atoms with Crippen molar-refractivity contribution in [3.05, 3.63) is 58.0 Å². The zero-order valence-corrected chi connectivity index (χ0v) is 22.3. The number of methoxy groups -OCH3 is 3. The largest absolute Gasteiger partial charge is 0.493 e. The third-order valence-corrected chi connectivity index (χ3v) is 7.98. The highest BCUT2D eigenvalue weighted by Crippen LogP contribution is 2.41. The Morgan fingerprint density at radius 2 is 1.75 bits per heavy atom. The van der Waals surface area contributed by atoms with Crippen molar-refractivity contribution in [2.45, 2.75) is 23.7 Å². The fraction of sp³-hybridized carbons (Fsp3) is 0.346. The summed E-state index contributed by atoms with van der Waals surface area (Å²) < 4.78 is 16.2. The maximum atomic E-state index is 13.3. The van der Waals surface area contributed by atoms with Gasteiger partial charge in [-0.1, -0.05) is 12.1 Å². The van der Waals surface area contributed by atoms with E-state index in [0.29, 0.717) is 41.6 Å². The molecule has 2 heterocycles. The SMILES string of the molecule is COc1ccc(C(=O)N2CCC(c3nc(C(=O)Nc4ccccc4SC)cs3)CC2)c(OC)c1OC. The second-order valence-corrected chi connectivity index (χ2v) is 9.91. The second-order valence-electron chi connectivity index (χ2n) is 8.17. The maximum absolute atomic E-state index is 13.3. The first-order chi connectivity index (χ1) is 17.5. The third-order valence-electron chi connectivity index (χ3n) is 6.18. The summed E-state index contributed by atoms with van der Waals surface area (Å²) in [6.07, 6.45) is 3.51. The normalized spacial score (nSPS) is 13.8. The number of thiazole rings is 1. The summed E-state index contributed by atoms with van der Waals surface area (Å²) in [5.41, 5.74) is 1.63. The molecule has 0 radical (unpaired) electrons. The van der Waals surface area contributed by atoms with Gasteiger partial charge >= 0.3 is 0 Å². The topological polar surface area (TPSA) is 90.0 Å². The van der Waals surface area contributed by atoms with Crippen molar-refractivity contribution in [1.82, 2.24) is 9.88 Å². The average molecular weight is 528 g/mol. The van der Waals surface area contributed by atoms with Crippen LogP contribution in [-0.4, -0.2) is 62.4 Å². The van der Waals surface area contributed by atoms with E-state index in [1.54, 1.807) is 36.4 Å². The van der Waals surface area contributed by atoms with Gasteiger partial charge in [0.1, 0.15) is 5.69 Å². The summed E-state index contributed by atoms with van der Waals surface area (Å²) in [6, 6.07) is 11.1. The van der Waals surface area contributed by atoms with Crippen LogP contribution in [0.3, 0.4) is 0 Å². The molecule has 1 N–H and O–H groups in total. The van der Waals surface area contributed by atoms with Crippen LogP contribution in [0.4, 0.5) is 5.69 Å². The molecule has 1 aromatic heterocycles. The number of hydrogen-bond acceptors (Lipinski definition) is 8. The number of ether oxygens (including phenoxy) is 3. The first kappa shape index (κ1) is 25.8. The lowest BCUT2D eigenvalue weighted by molar-refractivity contribution is 0.0708. The van der Waals surface area contributed by atoms with Crippen LogP contribution >= 0.6 is 23.1 Å². The summed E-state index contributed by atoms with van der Waals surface area (Å²) in [7, 11) is 4.57. The minimum Gasteiger partial charge on any atom is -0.493 e. The van der Waals surface area contributed by atoms with E-state index in [1.165, 1.54) is 25.6 Å². The lowest BCUT2D eigenvalue weighted by Crippen LogP contribution is -2.38. The molecular formula is C26H29N3O5S2. The summed E-state index contributed by atoms with van der Waals surface area (Å²) in [6.45, 7) is 1.17. The minimum atomic E-state index is -0.216. The van der Waals surface area contributed by atoms with Gasteiger partial charge in [-0.05, 0) is 43.4 Å². The Balaban J connectivity index is 1.41. The van der Waals surface area contributed by atoms with Crippen molar-refractivity contribution in [1.29, 1.82) is 0 Å². The molecule has 8 nitrogen and oxygen atoms in total. The van der Waals surface area contributed by atoms with Gasteiger partial charge in [-0.15, -0.1) is 23.1 Å². The number of anilines is 1. The van der Waals surface area contributed by atoms with Crippen molar-refractivity contribution in [2.75, 3.05) is 46.0 Å². The van der Waals surface area contributed by atoms with Gasteiger partial charge < -0.3 is 24.4 Å². The molecule has 36 heavy (non-hydrogen) atoms. The Hall–Kier alpha value is -3.24. The second kappa shape index (κ2) is 11.7. The number of piperidine rings is 1. The van der Waals surface area contributed by atoms with Gasteiger partial charge in [0, 0.05) is 29.3 Å². The van der Waals surface area contributed by atoms with Gasteiger partial charge in [-0.3, -0.25) is 9.59 Å². The molecule has 2 amide bonds. The lowest BCUT2D eigenvalue weighted by Gasteiger charge is -2.31. The molecule has 2 aromatic carbocycles. The molecule has 1 fully saturated rings. The number of rotatable bonds is 8. The highest BCUT2D eigenvalue weighted by molar-refractivity contribution is 7.98. The molecule has 0 saturated carbocycles. The Morgan fingerprint density at radius 1 is 1.03 bits per heavy atom. The van der Waals surface area contributed by atoms with Crippen LogP contribution in [0.5, 0.6) is 17.2 Å². The summed E-state index contributed by atoms with van der Waals surface area (Å²) in [5.74, 6) is 1.14. The maximum Gasteiger partial charge on any atom is 0.275 e. The molecule has 190 valence electrons. The number of amides is 2. The van der Waals surface area contributed by atoms with E-state index < -0.39 is 0 Å². The first-order valence-electron chi connectivity index (χ1n) is 11.5. The molecule has 0 spiro atoms. The number of benzene rings is 2. The van der Waals surface area contributed by atoms with Crippen molar-refractivity contribution in [3.8, 4) is 17.2 Å². The molecule has 1 aliphatic rings. The van der Waals surface area contributed by atoms with Crippen LogP contribution in [0.2, 0.25) is 0 Å². The fourth-order valence-corrected chi connectivity index (χ4v) is 5.81. The van der Waals surface area contributed by atoms with Crippen molar-refractivity contribution < 1.29 is 23.8 Å². The molecule has 0 aliphatic carbocycles. The molecule has 4 rings (SSSR count). The molecule has 0 atom stereocenters. The van der Waals surface area contributed by atoms with E-state index in [-0.39, 0.29) is 17.7 Å². The Bertz CT molecular complexity index is 1240. The van der Waals surface area contributed by atoms with Gasteiger partial charge in [0.25, 0.3) is 11.8 Å². The number of para-hydroxylation sites is 1. The number of carbonyl (C=O) groups is 2. The van der Waals surface area contributed by atoms with Crippen LogP contribution in [0.1, 0.15) is 44.6 Å². The molecule has 0 unspecified atom stereocenters. The van der Waals surface area contributed by atoms with Gasteiger partial charge in [0.05, 0.1) is 37.6 Å². The van der Waals surface area contributed by atoms with Gasteiger partial charge in [0.2, 0.25) is 5.75 Å². The van der Waals surface area contributed by atoms with E-state index in [9.17, 15) is 9.59 Å². The number of likely N-dealkylation sites (tertiary alicyclic amines) is 1. The van der Waals surface area contributed by atoms with Crippen molar-refractivity contribution in [3.63, 3.8) is 0 Å². The number of thioether (sulfide) groups is 1. The van der Waals surface area contributed by atoms with E-state index in [1.807, 2.05) is 35.4 Å². The average Bonchev–Trinajstić information content (AvgIpc) is 3.42. The minimum absolute atomic E-state index is 0.113. The van der Waals surface area contributed by atoms with E-state index in [2.05, 4.69) is 10.3 Å². The van der Waals surface area contributed by atoms with Gasteiger partial charge in [0.15, 0.2) is 11.5 Å². The quantitative estimate of drug-likeness (QED) is 0.405. The Morgan fingerprint density at radius 3 is 2.42 bits per heavy atom.